The highest BCUT2D eigenvalue weighted by atomic mass is 16.2. The Labute approximate surface area is 100 Å². The van der Waals surface area contributed by atoms with Crippen LogP contribution < -0.4 is 10.6 Å². The van der Waals surface area contributed by atoms with Crippen LogP contribution in [0.15, 0.2) is 24.3 Å². The number of aryl methyl sites for hydroxylation is 1. The topological polar surface area (TPSA) is 63.4 Å². The Kier molecular flexibility index (Phi) is 3.13. The van der Waals surface area contributed by atoms with E-state index in [0.29, 0.717) is 6.54 Å². The lowest BCUT2D eigenvalue weighted by atomic mass is 10.1. The normalized spacial score (nSPS) is 19.7. The summed E-state index contributed by atoms with van der Waals surface area (Å²) in [6.07, 6.45) is 1.20. The first-order chi connectivity index (χ1) is 8.11. The highest BCUT2D eigenvalue weighted by Crippen LogP contribution is 2.25. The molecule has 2 N–H and O–H groups in total. The van der Waals surface area contributed by atoms with Crippen molar-refractivity contribution in [2.24, 2.45) is 11.7 Å². The van der Waals surface area contributed by atoms with Crippen molar-refractivity contribution in [1.82, 2.24) is 0 Å². The van der Waals surface area contributed by atoms with Gasteiger partial charge in [0.2, 0.25) is 11.8 Å². The zero-order valence-electron chi connectivity index (χ0n) is 9.85. The van der Waals surface area contributed by atoms with Gasteiger partial charge in [0.15, 0.2) is 0 Å². The highest BCUT2D eigenvalue weighted by molar-refractivity contribution is 6.00. The van der Waals surface area contributed by atoms with Gasteiger partial charge in [0.05, 0.1) is 5.92 Å². The van der Waals surface area contributed by atoms with Gasteiger partial charge in [0.25, 0.3) is 0 Å². The number of nitrogens with zero attached hydrogens (tertiary/aromatic N) is 1. The molecule has 1 aromatic rings. The van der Waals surface area contributed by atoms with E-state index in [0.717, 1.165) is 12.1 Å². The average molecular weight is 232 g/mol. The summed E-state index contributed by atoms with van der Waals surface area (Å²) in [6, 6.07) is 7.83. The van der Waals surface area contributed by atoms with E-state index in [1.165, 1.54) is 5.56 Å². The minimum atomic E-state index is -0.397. The fraction of sp³-hybridized carbons (Fsp3) is 0.385. The number of benzene rings is 1. The minimum absolute atomic E-state index is 0.0296. The van der Waals surface area contributed by atoms with Gasteiger partial charge in [-0.05, 0) is 24.1 Å². The molecule has 0 aromatic heterocycles. The van der Waals surface area contributed by atoms with Crippen molar-refractivity contribution in [2.75, 3.05) is 11.4 Å². The summed E-state index contributed by atoms with van der Waals surface area (Å²) in [6.45, 7) is 2.48. The molecule has 0 aliphatic carbocycles. The Bertz CT molecular complexity index is 439. The van der Waals surface area contributed by atoms with Crippen LogP contribution in [-0.4, -0.2) is 18.4 Å². The maximum atomic E-state index is 11.8. The first-order valence-corrected chi connectivity index (χ1v) is 5.80. The summed E-state index contributed by atoms with van der Waals surface area (Å²) >= 11 is 0. The summed E-state index contributed by atoms with van der Waals surface area (Å²) < 4.78 is 0. The molecule has 0 unspecified atom stereocenters. The van der Waals surface area contributed by atoms with Gasteiger partial charge in [0.1, 0.15) is 0 Å². The van der Waals surface area contributed by atoms with E-state index in [-0.39, 0.29) is 18.2 Å². The van der Waals surface area contributed by atoms with E-state index in [2.05, 4.69) is 6.92 Å². The molecule has 0 spiro atoms. The van der Waals surface area contributed by atoms with Crippen LogP contribution in [0, 0.1) is 5.92 Å². The number of anilines is 1. The Morgan fingerprint density at radius 3 is 2.53 bits per heavy atom. The van der Waals surface area contributed by atoms with Crippen LogP contribution in [0.25, 0.3) is 0 Å². The van der Waals surface area contributed by atoms with Gasteiger partial charge in [-0.25, -0.2) is 0 Å². The molecule has 1 heterocycles. The van der Waals surface area contributed by atoms with Crippen LogP contribution in [0.4, 0.5) is 5.69 Å². The monoisotopic (exact) mass is 232 g/mol. The average Bonchev–Trinajstić information content (AvgIpc) is 2.72. The van der Waals surface area contributed by atoms with E-state index in [1.54, 1.807) is 4.90 Å². The van der Waals surface area contributed by atoms with Crippen LogP contribution in [0.5, 0.6) is 0 Å². The summed E-state index contributed by atoms with van der Waals surface area (Å²) in [7, 11) is 0. The molecule has 2 amide bonds. The number of nitrogens with two attached hydrogens (primary N) is 1. The molecular weight excluding hydrogens is 216 g/mol. The minimum Gasteiger partial charge on any atom is -0.369 e. The molecule has 1 atom stereocenters. The standard InChI is InChI=1S/C13H16N2O2/c1-2-9-3-5-11(6-4-9)15-8-10(13(14)17)7-12(15)16/h3-6,10H,2,7-8H2,1H3,(H2,14,17)/t10-/m1/s1. The number of amides is 2. The second-order valence-corrected chi connectivity index (χ2v) is 4.33. The smallest absolute Gasteiger partial charge is 0.227 e. The van der Waals surface area contributed by atoms with Crippen molar-refractivity contribution in [3.05, 3.63) is 29.8 Å². The third-order valence-corrected chi connectivity index (χ3v) is 3.18. The molecule has 1 aromatic carbocycles. The van der Waals surface area contributed by atoms with E-state index < -0.39 is 5.91 Å². The lowest BCUT2D eigenvalue weighted by Crippen LogP contribution is -2.28. The van der Waals surface area contributed by atoms with Crippen LogP contribution in [0.3, 0.4) is 0 Å². The number of carbonyl (C=O) groups is 2. The lowest BCUT2D eigenvalue weighted by Gasteiger charge is -2.16. The second kappa shape index (κ2) is 4.57. The molecule has 1 saturated heterocycles. The quantitative estimate of drug-likeness (QED) is 0.847. The van der Waals surface area contributed by atoms with Gasteiger partial charge >= 0.3 is 0 Å². The predicted octanol–water partition coefficient (Wildman–Crippen LogP) is 1.09. The van der Waals surface area contributed by atoms with Crippen LogP contribution >= 0.6 is 0 Å². The largest absolute Gasteiger partial charge is 0.369 e. The lowest BCUT2D eigenvalue weighted by molar-refractivity contribution is -0.123. The van der Waals surface area contributed by atoms with Crippen molar-refractivity contribution in [3.8, 4) is 0 Å². The van der Waals surface area contributed by atoms with E-state index >= 15 is 0 Å². The van der Waals surface area contributed by atoms with Gasteiger partial charge < -0.3 is 10.6 Å². The zero-order chi connectivity index (χ0) is 12.4. The van der Waals surface area contributed by atoms with Gasteiger partial charge in [-0.2, -0.15) is 0 Å². The van der Waals surface area contributed by atoms with E-state index in [9.17, 15) is 9.59 Å². The summed E-state index contributed by atoms with van der Waals surface area (Å²) in [5, 5.41) is 0. The first-order valence-electron chi connectivity index (χ1n) is 5.80. The van der Waals surface area contributed by atoms with E-state index in [1.807, 2.05) is 24.3 Å². The fourth-order valence-corrected chi connectivity index (χ4v) is 2.06. The number of carbonyl (C=O) groups excluding carboxylic acids is 2. The van der Waals surface area contributed by atoms with Gasteiger partial charge in [0, 0.05) is 18.7 Å². The van der Waals surface area contributed by atoms with Crippen molar-refractivity contribution < 1.29 is 9.59 Å². The first kappa shape index (κ1) is 11.6. The molecule has 1 aliphatic heterocycles. The summed E-state index contributed by atoms with van der Waals surface area (Å²) in [4.78, 5) is 24.5. The zero-order valence-corrected chi connectivity index (χ0v) is 9.85. The van der Waals surface area contributed by atoms with Gasteiger partial charge in [-0.15, -0.1) is 0 Å². The predicted molar refractivity (Wildman–Crippen MR) is 65.5 cm³/mol. The second-order valence-electron chi connectivity index (χ2n) is 4.33. The maximum Gasteiger partial charge on any atom is 0.227 e. The maximum absolute atomic E-state index is 11.8. The molecule has 0 bridgehead atoms. The van der Waals surface area contributed by atoms with Crippen molar-refractivity contribution in [3.63, 3.8) is 0 Å². The molecule has 17 heavy (non-hydrogen) atoms. The summed E-state index contributed by atoms with van der Waals surface area (Å²) in [5.74, 6) is -0.780. The molecule has 4 nitrogen and oxygen atoms in total. The Morgan fingerprint density at radius 2 is 2.06 bits per heavy atom. The van der Waals surface area contributed by atoms with E-state index in [4.69, 9.17) is 5.73 Å². The number of primary amides is 1. The van der Waals surface area contributed by atoms with Crippen LogP contribution in [-0.2, 0) is 16.0 Å². The Morgan fingerprint density at radius 1 is 1.41 bits per heavy atom. The van der Waals surface area contributed by atoms with Crippen molar-refractivity contribution in [1.29, 1.82) is 0 Å². The summed E-state index contributed by atoms with van der Waals surface area (Å²) in [5.41, 5.74) is 7.30. The molecule has 4 heteroatoms. The molecule has 90 valence electrons. The van der Waals surface area contributed by atoms with Crippen molar-refractivity contribution in [2.45, 2.75) is 19.8 Å². The SMILES string of the molecule is CCc1ccc(N2C[C@H](C(N)=O)CC2=O)cc1. The molecule has 1 fully saturated rings. The molecule has 1 aliphatic rings. The number of rotatable bonds is 3. The van der Waals surface area contributed by atoms with Crippen LogP contribution in [0.1, 0.15) is 18.9 Å². The fourth-order valence-electron chi connectivity index (χ4n) is 2.06. The third kappa shape index (κ3) is 2.30. The molecule has 0 radical (unpaired) electrons. The Hall–Kier alpha value is -1.84. The third-order valence-electron chi connectivity index (χ3n) is 3.18. The van der Waals surface area contributed by atoms with Gasteiger partial charge in [-0.3, -0.25) is 9.59 Å². The molecular formula is C13H16N2O2. The molecule has 0 saturated carbocycles. The number of hydrogen-bond donors (Lipinski definition) is 1. The Balaban J connectivity index is 2.17. The van der Waals surface area contributed by atoms with Crippen LogP contribution in [0.2, 0.25) is 0 Å². The molecule has 2 rings (SSSR count). The number of hydrogen-bond acceptors (Lipinski definition) is 2. The van der Waals surface area contributed by atoms with Crippen molar-refractivity contribution >= 4 is 17.5 Å². The van der Waals surface area contributed by atoms with Gasteiger partial charge in [-0.1, -0.05) is 19.1 Å². The highest BCUT2D eigenvalue weighted by Gasteiger charge is 2.33.